The van der Waals surface area contributed by atoms with Crippen molar-refractivity contribution in [3.63, 3.8) is 0 Å². The SMILES string of the molecule is COc1ccc(NC(=O)c2ccccc2S(N)(=O)=O)cc1. The van der Waals surface area contributed by atoms with Crippen molar-refractivity contribution in [2.45, 2.75) is 4.90 Å². The lowest BCUT2D eigenvalue weighted by molar-refractivity contribution is 0.102. The molecule has 0 heterocycles. The number of ether oxygens (including phenoxy) is 1. The summed E-state index contributed by atoms with van der Waals surface area (Å²) in [6.45, 7) is 0. The second kappa shape index (κ2) is 5.94. The Bertz CT molecular complexity index is 755. The van der Waals surface area contributed by atoms with E-state index < -0.39 is 15.9 Å². The zero-order valence-electron chi connectivity index (χ0n) is 11.2. The number of anilines is 1. The molecule has 0 aliphatic rings. The van der Waals surface area contributed by atoms with E-state index in [0.717, 1.165) is 0 Å². The molecule has 110 valence electrons. The van der Waals surface area contributed by atoms with Crippen LogP contribution in [-0.2, 0) is 10.0 Å². The number of carbonyl (C=O) groups is 1. The van der Waals surface area contributed by atoms with Gasteiger partial charge < -0.3 is 10.1 Å². The molecule has 0 unspecified atom stereocenters. The average molecular weight is 306 g/mol. The lowest BCUT2D eigenvalue weighted by Gasteiger charge is -2.09. The largest absolute Gasteiger partial charge is 0.497 e. The van der Waals surface area contributed by atoms with Gasteiger partial charge in [0.1, 0.15) is 5.75 Å². The highest BCUT2D eigenvalue weighted by molar-refractivity contribution is 7.89. The molecule has 0 spiro atoms. The number of hydrogen-bond donors (Lipinski definition) is 2. The number of primary sulfonamides is 1. The van der Waals surface area contributed by atoms with Crippen LogP contribution in [0.5, 0.6) is 5.75 Å². The third-order valence-electron chi connectivity index (χ3n) is 2.79. The maximum Gasteiger partial charge on any atom is 0.257 e. The van der Waals surface area contributed by atoms with Crippen molar-refractivity contribution < 1.29 is 17.9 Å². The van der Waals surface area contributed by atoms with Crippen LogP contribution in [0.25, 0.3) is 0 Å². The van der Waals surface area contributed by atoms with Gasteiger partial charge in [0.15, 0.2) is 0 Å². The number of nitrogens with two attached hydrogens (primary N) is 1. The van der Waals surface area contributed by atoms with Crippen LogP contribution in [0.2, 0.25) is 0 Å². The van der Waals surface area contributed by atoms with Gasteiger partial charge >= 0.3 is 0 Å². The molecule has 0 aromatic heterocycles. The average Bonchev–Trinajstić information content (AvgIpc) is 2.47. The second-order valence-corrected chi connectivity index (χ2v) is 5.75. The summed E-state index contributed by atoms with van der Waals surface area (Å²) in [5.74, 6) is 0.0997. The number of methoxy groups -OCH3 is 1. The predicted octanol–water partition coefficient (Wildman–Crippen LogP) is 1.59. The summed E-state index contributed by atoms with van der Waals surface area (Å²) in [5, 5.41) is 7.71. The summed E-state index contributed by atoms with van der Waals surface area (Å²) in [5.41, 5.74) is 0.515. The van der Waals surface area contributed by atoms with Crippen molar-refractivity contribution in [1.29, 1.82) is 0 Å². The zero-order chi connectivity index (χ0) is 15.5. The number of hydrogen-bond acceptors (Lipinski definition) is 4. The topological polar surface area (TPSA) is 98.5 Å². The van der Waals surface area contributed by atoms with Gasteiger partial charge in [-0.2, -0.15) is 0 Å². The van der Waals surface area contributed by atoms with Gasteiger partial charge in [-0.15, -0.1) is 0 Å². The summed E-state index contributed by atoms with van der Waals surface area (Å²) < 4.78 is 28.0. The summed E-state index contributed by atoms with van der Waals surface area (Å²) in [4.78, 5) is 12.0. The first-order valence-electron chi connectivity index (χ1n) is 5.99. The normalized spacial score (nSPS) is 11.0. The maximum absolute atomic E-state index is 12.2. The molecule has 2 aromatic carbocycles. The van der Waals surface area contributed by atoms with E-state index in [0.29, 0.717) is 11.4 Å². The van der Waals surface area contributed by atoms with Crippen molar-refractivity contribution in [3.8, 4) is 5.75 Å². The molecule has 7 heteroatoms. The fraction of sp³-hybridized carbons (Fsp3) is 0.0714. The molecular weight excluding hydrogens is 292 g/mol. The lowest BCUT2D eigenvalue weighted by atomic mass is 10.2. The molecule has 6 nitrogen and oxygen atoms in total. The first-order valence-corrected chi connectivity index (χ1v) is 7.53. The molecule has 0 aliphatic carbocycles. The monoisotopic (exact) mass is 306 g/mol. The van der Waals surface area contributed by atoms with Crippen molar-refractivity contribution in [3.05, 3.63) is 54.1 Å². The Kier molecular flexibility index (Phi) is 4.25. The lowest BCUT2D eigenvalue weighted by Crippen LogP contribution is -2.20. The molecule has 0 bridgehead atoms. The Morgan fingerprint density at radius 1 is 1.10 bits per heavy atom. The van der Waals surface area contributed by atoms with Crippen LogP contribution in [0.1, 0.15) is 10.4 Å². The number of carbonyl (C=O) groups excluding carboxylic acids is 1. The first kappa shape index (κ1) is 15.0. The Labute approximate surface area is 122 Å². The molecule has 0 atom stereocenters. The van der Waals surface area contributed by atoms with Gasteiger partial charge in [0.05, 0.1) is 17.6 Å². The number of sulfonamides is 1. The number of rotatable bonds is 4. The highest BCUT2D eigenvalue weighted by Gasteiger charge is 2.18. The van der Waals surface area contributed by atoms with Crippen LogP contribution in [0.15, 0.2) is 53.4 Å². The van der Waals surface area contributed by atoms with Crippen LogP contribution in [-0.4, -0.2) is 21.4 Å². The quantitative estimate of drug-likeness (QED) is 0.896. The number of benzene rings is 2. The van der Waals surface area contributed by atoms with E-state index in [-0.39, 0.29) is 10.5 Å². The molecule has 1 amide bonds. The highest BCUT2D eigenvalue weighted by atomic mass is 32.2. The van der Waals surface area contributed by atoms with Gasteiger partial charge in [-0.25, -0.2) is 13.6 Å². The van der Waals surface area contributed by atoms with E-state index in [4.69, 9.17) is 9.88 Å². The fourth-order valence-electron chi connectivity index (χ4n) is 1.78. The highest BCUT2D eigenvalue weighted by Crippen LogP contribution is 2.18. The van der Waals surface area contributed by atoms with E-state index in [2.05, 4.69) is 5.32 Å². The summed E-state index contributed by atoms with van der Waals surface area (Å²) >= 11 is 0. The zero-order valence-corrected chi connectivity index (χ0v) is 12.1. The fourth-order valence-corrected chi connectivity index (χ4v) is 2.51. The molecule has 2 aromatic rings. The van der Waals surface area contributed by atoms with Crippen LogP contribution in [0, 0.1) is 0 Å². The minimum Gasteiger partial charge on any atom is -0.497 e. The van der Waals surface area contributed by atoms with Crippen LogP contribution in [0.4, 0.5) is 5.69 Å². The summed E-state index contributed by atoms with van der Waals surface area (Å²) in [6, 6.07) is 12.4. The van der Waals surface area contributed by atoms with E-state index in [1.54, 1.807) is 30.3 Å². The Morgan fingerprint density at radius 2 is 1.71 bits per heavy atom. The van der Waals surface area contributed by atoms with Crippen LogP contribution < -0.4 is 15.2 Å². The first-order chi connectivity index (χ1) is 9.91. The molecule has 0 aliphatic heterocycles. The number of nitrogens with one attached hydrogen (secondary N) is 1. The molecule has 21 heavy (non-hydrogen) atoms. The van der Waals surface area contributed by atoms with Crippen LogP contribution >= 0.6 is 0 Å². The Balaban J connectivity index is 2.28. The van der Waals surface area contributed by atoms with Gasteiger partial charge in [-0.05, 0) is 36.4 Å². The standard InChI is InChI=1S/C14H14N2O4S/c1-20-11-8-6-10(7-9-11)16-14(17)12-4-2-3-5-13(12)21(15,18)19/h2-9H,1H3,(H,16,17)(H2,15,18,19). The molecule has 0 saturated heterocycles. The van der Waals surface area contributed by atoms with Crippen LogP contribution in [0.3, 0.4) is 0 Å². The molecule has 0 fully saturated rings. The minimum absolute atomic E-state index is 0.00387. The summed E-state index contributed by atoms with van der Waals surface area (Å²) in [7, 11) is -2.42. The van der Waals surface area contributed by atoms with Gasteiger partial charge in [0, 0.05) is 5.69 Å². The van der Waals surface area contributed by atoms with Crippen molar-refractivity contribution >= 4 is 21.6 Å². The van der Waals surface area contributed by atoms with E-state index in [1.165, 1.54) is 25.3 Å². The molecule has 2 rings (SSSR count). The molecule has 0 radical (unpaired) electrons. The van der Waals surface area contributed by atoms with Gasteiger partial charge in [-0.3, -0.25) is 4.79 Å². The number of amides is 1. The maximum atomic E-state index is 12.2. The van der Waals surface area contributed by atoms with Crippen molar-refractivity contribution in [1.82, 2.24) is 0 Å². The molecule has 3 N–H and O–H groups in total. The smallest absolute Gasteiger partial charge is 0.257 e. The second-order valence-electron chi connectivity index (χ2n) is 4.22. The molecule has 0 saturated carbocycles. The predicted molar refractivity (Wildman–Crippen MR) is 78.8 cm³/mol. The third kappa shape index (κ3) is 3.59. The Hall–Kier alpha value is -2.38. The van der Waals surface area contributed by atoms with E-state index >= 15 is 0 Å². The van der Waals surface area contributed by atoms with E-state index in [9.17, 15) is 13.2 Å². The Morgan fingerprint density at radius 3 is 2.29 bits per heavy atom. The van der Waals surface area contributed by atoms with Gasteiger partial charge in [0.2, 0.25) is 10.0 Å². The third-order valence-corrected chi connectivity index (χ3v) is 3.76. The van der Waals surface area contributed by atoms with E-state index in [1.807, 2.05) is 0 Å². The molecular formula is C14H14N2O4S. The summed E-state index contributed by atoms with van der Waals surface area (Å²) in [6.07, 6.45) is 0. The van der Waals surface area contributed by atoms with Gasteiger partial charge in [-0.1, -0.05) is 12.1 Å². The van der Waals surface area contributed by atoms with Crippen molar-refractivity contribution in [2.24, 2.45) is 5.14 Å². The van der Waals surface area contributed by atoms with Crippen molar-refractivity contribution in [2.75, 3.05) is 12.4 Å². The minimum atomic E-state index is -3.96. The van der Waals surface area contributed by atoms with Gasteiger partial charge in [0.25, 0.3) is 5.91 Å².